The van der Waals surface area contributed by atoms with Crippen molar-refractivity contribution in [2.45, 2.75) is 39.2 Å². The van der Waals surface area contributed by atoms with Gasteiger partial charge in [-0.15, -0.1) is 11.3 Å². The van der Waals surface area contributed by atoms with Gasteiger partial charge < -0.3 is 11.1 Å². The summed E-state index contributed by atoms with van der Waals surface area (Å²) in [6.07, 6.45) is 0.870. The highest BCUT2D eigenvalue weighted by Gasteiger charge is 2.14. The molecule has 0 fully saturated rings. The van der Waals surface area contributed by atoms with Crippen molar-refractivity contribution in [3.05, 3.63) is 57.3 Å². The minimum absolute atomic E-state index is 0.0268. The van der Waals surface area contributed by atoms with Gasteiger partial charge in [0.2, 0.25) is 0 Å². The van der Waals surface area contributed by atoms with Gasteiger partial charge in [-0.3, -0.25) is 4.79 Å². The van der Waals surface area contributed by atoms with Crippen molar-refractivity contribution in [2.75, 3.05) is 6.54 Å². The highest BCUT2D eigenvalue weighted by atomic mass is 32.1. The SMILES string of the molecule is CCc1ccsc1C(=O)NCC(N)c1ccc(C(C)C)cc1. The normalized spacial score (nSPS) is 12.4. The van der Waals surface area contributed by atoms with Crippen molar-refractivity contribution in [1.82, 2.24) is 5.32 Å². The molecule has 0 aliphatic heterocycles. The maximum atomic E-state index is 12.2. The van der Waals surface area contributed by atoms with E-state index in [0.717, 1.165) is 22.4 Å². The Kier molecular flexibility index (Phi) is 5.75. The molecule has 1 heterocycles. The van der Waals surface area contributed by atoms with Crippen molar-refractivity contribution in [1.29, 1.82) is 0 Å². The van der Waals surface area contributed by atoms with Gasteiger partial charge in [0.1, 0.15) is 0 Å². The first-order valence-corrected chi connectivity index (χ1v) is 8.60. The number of nitrogens with two attached hydrogens (primary N) is 1. The topological polar surface area (TPSA) is 55.1 Å². The molecule has 3 N–H and O–H groups in total. The van der Waals surface area contributed by atoms with Crippen molar-refractivity contribution in [2.24, 2.45) is 5.73 Å². The Morgan fingerprint density at radius 2 is 1.82 bits per heavy atom. The standard InChI is InChI=1S/C18H24N2OS/c1-4-13-9-10-22-17(13)18(21)20-11-16(19)15-7-5-14(6-8-15)12(2)3/h5-10,12,16H,4,11,19H2,1-3H3,(H,20,21). The van der Waals surface area contributed by atoms with E-state index in [1.165, 1.54) is 16.9 Å². The Morgan fingerprint density at radius 3 is 2.41 bits per heavy atom. The molecule has 0 saturated heterocycles. The van der Waals surface area contributed by atoms with Gasteiger partial charge in [-0.2, -0.15) is 0 Å². The summed E-state index contributed by atoms with van der Waals surface area (Å²) in [5.41, 5.74) is 9.62. The van der Waals surface area contributed by atoms with Crippen LogP contribution in [0.25, 0.3) is 0 Å². The van der Waals surface area contributed by atoms with E-state index in [1.54, 1.807) is 0 Å². The van der Waals surface area contributed by atoms with Gasteiger partial charge in [0, 0.05) is 12.6 Å². The fourth-order valence-electron chi connectivity index (χ4n) is 2.34. The number of carbonyl (C=O) groups excluding carboxylic acids is 1. The van der Waals surface area contributed by atoms with E-state index < -0.39 is 0 Å². The van der Waals surface area contributed by atoms with Gasteiger partial charge in [-0.1, -0.05) is 45.0 Å². The largest absolute Gasteiger partial charge is 0.349 e. The van der Waals surface area contributed by atoms with Crippen molar-refractivity contribution < 1.29 is 4.79 Å². The lowest BCUT2D eigenvalue weighted by atomic mass is 9.99. The number of rotatable bonds is 6. The molecule has 4 heteroatoms. The molecule has 1 amide bonds. The zero-order chi connectivity index (χ0) is 16.1. The number of benzene rings is 1. The molecule has 0 radical (unpaired) electrons. The third kappa shape index (κ3) is 3.96. The second-order valence-electron chi connectivity index (χ2n) is 5.77. The molecule has 118 valence electrons. The van der Waals surface area contributed by atoms with Gasteiger partial charge >= 0.3 is 0 Å². The zero-order valence-electron chi connectivity index (χ0n) is 13.4. The van der Waals surface area contributed by atoms with Crippen LogP contribution in [-0.4, -0.2) is 12.5 Å². The predicted octanol–water partition coefficient (Wildman–Crippen LogP) is 3.86. The minimum atomic E-state index is -0.185. The van der Waals surface area contributed by atoms with Crippen LogP contribution >= 0.6 is 11.3 Å². The molecule has 0 bridgehead atoms. The van der Waals surface area contributed by atoms with Crippen LogP contribution in [0.1, 0.15) is 59.1 Å². The Labute approximate surface area is 136 Å². The fourth-order valence-corrected chi connectivity index (χ4v) is 3.25. The van der Waals surface area contributed by atoms with Crippen LogP contribution in [0.15, 0.2) is 35.7 Å². The van der Waals surface area contributed by atoms with Crippen LogP contribution < -0.4 is 11.1 Å². The highest BCUT2D eigenvalue weighted by molar-refractivity contribution is 7.12. The summed E-state index contributed by atoms with van der Waals surface area (Å²) >= 11 is 1.48. The van der Waals surface area contributed by atoms with E-state index >= 15 is 0 Å². The third-order valence-electron chi connectivity index (χ3n) is 3.85. The highest BCUT2D eigenvalue weighted by Crippen LogP contribution is 2.19. The maximum absolute atomic E-state index is 12.2. The maximum Gasteiger partial charge on any atom is 0.261 e. The van der Waals surface area contributed by atoms with Crippen LogP contribution in [0.3, 0.4) is 0 Å². The Morgan fingerprint density at radius 1 is 1.18 bits per heavy atom. The van der Waals surface area contributed by atoms with E-state index in [9.17, 15) is 4.79 Å². The van der Waals surface area contributed by atoms with Crippen molar-refractivity contribution >= 4 is 17.2 Å². The molecule has 2 aromatic rings. The fraction of sp³-hybridized carbons (Fsp3) is 0.389. The van der Waals surface area contributed by atoms with E-state index in [-0.39, 0.29) is 11.9 Å². The molecule has 3 nitrogen and oxygen atoms in total. The summed E-state index contributed by atoms with van der Waals surface area (Å²) in [6.45, 7) is 6.84. The van der Waals surface area contributed by atoms with Crippen LogP contribution in [0.2, 0.25) is 0 Å². The zero-order valence-corrected chi connectivity index (χ0v) is 14.2. The molecule has 1 aromatic heterocycles. The molecule has 0 aliphatic rings. The summed E-state index contributed by atoms with van der Waals surface area (Å²) < 4.78 is 0. The van der Waals surface area contributed by atoms with Gasteiger partial charge in [-0.25, -0.2) is 0 Å². The molecular formula is C18H24N2OS. The van der Waals surface area contributed by atoms with Gasteiger partial charge in [0.05, 0.1) is 4.88 Å². The minimum Gasteiger partial charge on any atom is -0.349 e. The number of aryl methyl sites for hydroxylation is 1. The van der Waals surface area contributed by atoms with E-state index in [2.05, 4.69) is 50.4 Å². The number of amides is 1. The second-order valence-corrected chi connectivity index (χ2v) is 6.68. The smallest absolute Gasteiger partial charge is 0.261 e. The average molecular weight is 316 g/mol. The van der Waals surface area contributed by atoms with Gasteiger partial charge in [0.15, 0.2) is 0 Å². The van der Waals surface area contributed by atoms with E-state index in [0.29, 0.717) is 12.5 Å². The van der Waals surface area contributed by atoms with E-state index in [4.69, 9.17) is 5.73 Å². The quantitative estimate of drug-likeness (QED) is 0.850. The van der Waals surface area contributed by atoms with Crippen LogP contribution in [0.5, 0.6) is 0 Å². The number of hydrogen-bond donors (Lipinski definition) is 2. The molecule has 0 saturated carbocycles. The van der Waals surface area contributed by atoms with Crippen LogP contribution in [0, 0.1) is 0 Å². The van der Waals surface area contributed by atoms with Gasteiger partial charge in [0.25, 0.3) is 5.91 Å². The molecular weight excluding hydrogens is 292 g/mol. The average Bonchev–Trinajstić information content (AvgIpc) is 3.01. The summed E-state index contributed by atoms with van der Waals surface area (Å²) in [5.74, 6) is 0.484. The molecule has 22 heavy (non-hydrogen) atoms. The molecule has 1 aromatic carbocycles. The third-order valence-corrected chi connectivity index (χ3v) is 4.80. The first kappa shape index (κ1) is 16.7. The van der Waals surface area contributed by atoms with Crippen molar-refractivity contribution in [3.63, 3.8) is 0 Å². The number of nitrogens with one attached hydrogen (secondary N) is 1. The molecule has 1 atom stereocenters. The van der Waals surface area contributed by atoms with Gasteiger partial charge in [-0.05, 0) is 40.5 Å². The Balaban J connectivity index is 1.94. The Hall–Kier alpha value is -1.65. The summed E-state index contributed by atoms with van der Waals surface area (Å²) in [5, 5.41) is 4.90. The van der Waals surface area contributed by atoms with Crippen LogP contribution in [-0.2, 0) is 6.42 Å². The molecule has 0 aliphatic carbocycles. The molecule has 1 unspecified atom stereocenters. The lowest BCUT2D eigenvalue weighted by molar-refractivity contribution is 0.0954. The second kappa shape index (κ2) is 7.56. The Bertz CT molecular complexity index is 616. The van der Waals surface area contributed by atoms with Crippen molar-refractivity contribution in [3.8, 4) is 0 Å². The predicted molar refractivity (Wildman–Crippen MR) is 93.5 cm³/mol. The molecule has 0 spiro atoms. The number of thiophene rings is 1. The monoisotopic (exact) mass is 316 g/mol. The lowest BCUT2D eigenvalue weighted by Gasteiger charge is -2.14. The van der Waals surface area contributed by atoms with E-state index in [1.807, 2.05) is 11.4 Å². The summed E-state index contributed by atoms with van der Waals surface area (Å²) in [7, 11) is 0. The summed E-state index contributed by atoms with van der Waals surface area (Å²) in [6, 6.07) is 10.1. The number of carbonyl (C=O) groups is 1. The first-order chi connectivity index (χ1) is 10.5. The lowest BCUT2D eigenvalue weighted by Crippen LogP contribution is -2.31. The van der Waals surface area contributed by atoms with Crippen LogP contribution in [0.4, 0.5) is 0 Å². The number of hydrogen-bond acceptors (Lipinski definition) is 3. The molecule has 2 rings (SSSR count). The summed E-state index contributed by atoms with van der Waals surface area (Å²) in [4.78, 5) is 13.0. The first-order valence-electron chi connectivity index (χ1n) is 7.73.